The van der Waals surface area contributed by atoms with Crippen molar-refractivity contribution in [3.63, 3.8) is 0 Å². The molecular weight excluding hydrogens is 696 g/mol. The molecule has 12 heteroatoms. The molecule has 1 radical (unpaired) electrons. The van der Waals surface area contributed by atoms with Gasteiger partial charge in [0, 0.05) is 49.1 Å². The number of carbonyl (C=O) groups is 1. The average Bonchev–Trinajstić information content (AvgIpc) is 3.52. The van der Waals surface area contributed by atoms with Gasteiger partial charge in [0.1, 0.15) is 6.33 Å². The standard InChI is InChI=1S/C20H31N5O.C7H2F5.Os/c1-3-14(2)18-21-13-25(22-18)17-7-20(8-17)11-24(12-20)19(26)23-9-15-5-4-6-16(15)10-23;8-4-1-2-5(6(9)3-4)7(10,11)12;/h13-17H,3-12H2,1-2H3;2-3H;/q;-1;+1/t14?,15-,16+;;. The number of carbonyl (C=O) groups excluding carboxylic acids is 1. The minimum absolute atomic E-state index is 0. The van der Waals surface area contributed by atoms with Gasteiger partial charge in [-0.3, -0.25) is 0 Å². The van der Waals surface area contributed by atoms with E-state index >= 15 is 0 Å². The van der Waals surface area contributed by atoms with Crippen LogP contribution in [0, 0.1) is 35.0 Å². The summed E-state index contributed by atoms with van der Waals surface area (Å²) in [5.41, 5.74) is -1.15. The summed E-state index contributed by atoms with van der Waals surface area (Å²) in [5.74, 6) is 0.198. The fraction of sp³-hybridized carbons (Fsp3) is 0.667. The number of aromatic nitrogens is 3. The van der Waals surface area contributed by atoms with Gasteiger partial charge in [0.15, 0.2) is 5.82 Å². The molecule has 39 heavy (non-hydrogen) atoms. The Morgan fingerprint density at radius 1 is 1.15 bits per heavy atom. The minimum Gasteiger partial charge on any atom is -0.324 e. The number of urea groups is 1. The van der Waals surface area contributed by atoms with E-state index in [1.54, 1.807) is 6.07 Å². The maximum atomic E-state index is 12.8. The number of halogens is 5. The smallest absolute Gasteiger partial charge is 0.324 e. The minimum atomic E-state index is -4.80. The van der Waals surface area contributed by atoms with Crippen molar-refractivity contribution in [1.82, 2.24) is 24.6 Å². The molecule has 3 atom stereocenters. The van der Waals surface area contributed by atoms with Crippen LogP contribution in [0.15, 0.2) is 18.5 Å². The quantitative estimate of drug-likeness (QED) is 0.286. The van der Waals surface area contributed by atoms with Crippen LogP contribution >= 0.6 is 0 Å². The summed E-state index contributed by atoms with van der Waals surface area (Å²) in [6, 6.07) is 2.78. The van der Waals surface area contributed by atoms with Gasteiger partial charge in [-0.25, -0.2) is 23.2 Å². The number of alkyl halides is 3. The number of hydrogen-bond acceptors (Lipinski definition) is 3. The molecule has 2 amide bonds. The summed E-state index contributed by atoms with van der Waals surface area (Å²) >= 11 is 0. The summed E-state index contributed by atoms with van der Waals surface area (Å²) < 4.78 is 61.9. The maximum absolute atomic E-state index is 12.8. The van der Waals surface area contributed by atoms with Crippen LogP contribution in [0.3, 0.4) is 0 Å². The number of amides is 2. The van der Waals surface area contributed by atoms with Gasteiger partial charge in [-0.1, -0.05) is 26.3 Å². The normalized spacial score (nSPS) is 24.3. The van der Waals surface area contributed by atoms with Crippen molar-refractivity contribution in [2.45, 2.75) is 70.5 Å². The van der Waals surface area contributed by atoms with E-state index in [-0.39, 0.29) is 31.9 Å². The van der Waals surface area contributed by atoms with Gasteiger partial charge < -0.3 is 9.80 Å². The Bertz CT molecular complexity index is 1150. The third-order valence-corrected chi connectivity index (χ3v) is 8.78. The third-order valence-electron chi connectivity index (χ3n) is 8.78. The first-order valence-corrected chi connectivity index (χ1v) is 13.4. The third kappa shape index (κ3) is 6.16. The second kappa shape index (κ2) is 11.4. The molecule has 0 N–H and O–H groups in total. The van der Waals surface area contributed by atoms with Crippen LogP contribution in [-0.2, 0) is 26.0 Å². The molecule has 2 aromatic rings. The molecule has 2 saturated heterocycles. The largest absolute Gasteiger partial charge is 1.00 e. The van der Waals surface area contributed by atoms with Crippen molar-refractivity contribution in [2.75, 3.05) is 26.2 Å². The van der Waals surface area contributed by atoms with E-state index < -0.39 is 23.4 Å². The maximum Gasteiger partial charge on any atom is 1.00 e. The van der Waals surface area contributed by atoms with Gasteiger partial charge in [0.05, 0.1) is 6.04 Å². The fourth-order valence-electron chi connectivity index (χ4n) is 6.41. The van der Waals surface area contributed by atoms with E-state index in [1.807, 2.05) is 6.33 Å². The monoisotopic (exact) mass is 730 g/mol. The van der Waals surface area contributed by atoms with E-state index in [2.05, 4.69) is 33.3 Å². The predicted molar refractivity (Wildman–Crippen MR) is 129 cm³/mol. The Hall–Kier alpha value is -2.08. The Kier molecular flexibility index (Phi) is 8.75. The first-order chi connectivity index (χ1) is 18.0. The SMILES string of the molecule is CCC(C)c1ncn(C2CC3(C2)CN(C(=O)N2C[C@H]4CCC[C@H]4C2)C3)n1.Fc1[c-]cc(C(F)(F)F)c(F)c1.[Os+]. The zero-order valence-electron chi connectivity index (χ0n) is 22.0. The summed E-state index contributed by atoms with van der Waals surface area (Å²) in [4.78, 5) is 21.5. The van der Waals surface area contributed by atoms with Gasteiger partial charge in [-0.05, 0) is 49.5 Å². The number of benzene rings is 1. The van der Waals surface area contributed by atoms with E-state index in [0.717, 1.165) is 63.1 Å². The van der Waals surface area contributed by atoms with Crippen molar-refractivity contribution in [2.24, 2.45) is 17.3 Å². The molecule has 2 aliphatic heterocycles. The summed E-state index contributed by atoms with van der Waals surface area (Å²) in [6.07, 6.45) is 4.50. The molecular formula is C27H33F5N5OOs. The number of fused-ring (bicyclic) bond motifs is 1. The van der Waals surface area contributed by atoms with Crippen LogP contribution in [0.5, 0.6) is 0 Å². The summed E-state index contributed by atoms with van der Waals surface area (Å²) in [5, 5.41) is 4.69. The molecule has 4 aliphatic rings. The Balaban J connectivity index is 0.000000231. The van der Waals surface area contributed by atoms with E-state index in [1.165, 1.54) is 19.3 Å². The second-order valence-electron chi connectivity index (χ2n) is 11.5. The first-order valence-electron chi connectivity index (χ1n) is 13.4. The molecule has 1 spiro atoms. The van der Waals surface area contributed by atoms with E-state index in [0.29, 0.717) is 23.4 Å². The van der Waals surface area contributed by atoms with Crippen LogP contribution in [-0.4, -0.2) is 56.8 Å². The molecule has 6 nitrogen and oxygen atoms in total. The van der Waals surface area contributed by atoms with Crippen LogP contribution in [0.2, 0.25) is 0 Å². The molecule has 6 rings (SSSR count). The first kappa shape index (κ1) is 29.9. The van der Waals surface area contributed by atoms with E-state index in [4.69, 9.17) is 5.10 Å². The topological polar surface area (TPSA) is 54.3 Å². The van der Waals surface area contributed by atoms with Gasteiger partial charge in [-0.15, -0.1) is 6.07 Å². The van der Waals surface area contributed by atoms with Gasteiger partial charge in [0.25, 0.3) is 0 Å². The van der Waals surface area contributed by atoms with Crippen molar-refractivity contribution >= 4 is 6.03 Å². The molecule has 2 saturated carbocycles. The van der Waals surface area contributed by atoms with E-state index in [9.17, 15) is 26.7 Å². The molecule has 215 valence electrons. The average molecular weight is 729 g/mol. The van der Waals surface area contributed by atoms with Crippen LogP contribution in [0.1, 0.15) is 75.7 Å². The number of hydrogen-bond donors (Lipinski definition) is 0. The molecule has 4 fully saturated rings. The van der Waals surface area contributed by atoms with Crippen molar-refractivity contribution in [3.05, 3.63) is 47.5 Å². The zero-order chi connectivity index (χ0) is 27.2. The molecule has 1 aromatic heterocycles. The number of likely N-dealkylation sites (tertiary alicyclic amines) is 2. The van der Waals surface area contributed by atoms with Crippen LogP contribution in [0.4, 0.5) is 26.7 Å². The van der Waals surface area contributed by atoms with Crippen LogP contribution in [0.25, 0.3) is 0 Å². The summed E-state index contributed by atoms with van der Waals surface area (Å²) in [6.45, 7) is 8.27. The molecule has 1 aromatic carbocycles. The van der Waals surface area contributed by atoms with Crippen molar-refractivity contribution < 1.29 is 46.5 Å². The van der Waals surface area contributed by atoms with Crippen molar-refractivity contribution in [1.29, 1.82) is 0 Å². The Labute approximate surface area is 238 Å². The van der Waals surface area contributed by atoms with Crippen molar-refractivity contribution in [3.8, 4) is 0 Å². The Morgan fingerprint density at radius 3 is 2.36 bits per heavy atom. The molecule has 3 heterocycles. The van der Waals surface area contributed by atoms with Gasteiger partial charge >= 0.3 is 32.0 Å². The van der Waals surface area contributed by atoms with Gasteiger partial charge in [0.2, 0.25) is 0 Å². The molecule has 1 unspecified atom stereocenters. The number of rotatable bonds is 3. The predicted octanol–water partition coefficient (Wildman–Crippen LogP) is 6.06. The van der Waals surface area contributed by atoms with Gasteiger partial charge in [-0.2, -0.15) is 24.3 Å². The zero-order valence-corrected chi connectivity index (χ0v) is 24.5. The Morgan fingerprint density at radius 2 is 1.79 bits per heavy atom. The summed E-state index contributed by atoms with van der Waals surface area (Å²) in [7, 11) is 0. The fourth-order valence-corrected chi connectivity index (χ4v) is 6.41. The second-order valence-corrected chi connectivity index (χ2v) is 11.5. The number of nitrogens with zero attached hydrogens (tertiary/aromatic N) is 5. The molecule has 0 bridgehead atoms. The van der Waals surface area contributed by atoms with Crippen LogP contribution < -0.4 is 0 Å². The molecule has 2 aliphatic carbocycles.